The number of benzene rings is 1. The van der Waals surface area contributed by atoms with Crippen LogP contribution < -0.4 is 20.7 Å². The van der Waals surface area contributed by atoms with Gasteiger partial charge in [-0.25, -0.2) is 21.6 Å². The van der Waals surface area contributed by atoms with Gasteiger partial charge in [-0.3, -0.25) is 5.43 Å². The molecule has 8 nitrogen and oxygen atoms in total. The van der Waals surface area contributed by atoms with Gasteiger partial charge in [0.25, 0.3) is 10.0 Å². The van der Waals surface area contributed by atoms with Crippen LogP contribution in [-0.2, 0) is 20.0 Å². The second-order valence-electron chi connectivity index (χ2n) is 3.27. The second-order valence-corrected chi connectivity index (χ2v) is 7.28. The van der Waals surface area contributed by atoms with Crippen LogP contribution in [0.1, 0.15) is 0 Å². The number of sulfonamides is 2. The van der Waals surface area contributed by atoms with Gasteiger partial charge in [0.2, 0.25) is 10.0 Å². The molecule has 11 heteroatoms. The van der Waals surface area contributed by atoms with Gasteiger partial charge < -0.3 is 5.73 Å². The summed E-state index contributed by atoms with van der Waals surface area (Å²) in [5.74, 6) is 0. The van der Waals surface area contributed by atoms with Gasteiger partial charge in [0.1, 0.15) is 0 Å². The molecule has 1 aromatic carbocycles. The standard InChI is InChI=1S/C8H12N4O4S3/c1-10-18(13,14)6-2-4-7(5-3-6)19(15,16)12-11-8(9)17/h2-5,10,12H,1H3,(H3,9,11,17). The third-order valence-corrected chi connectivity index (χ3v) is 4.82. The first-order valence-electron chi connectivity index (χ1n) is 4.80. The van der Waals surface area contributed by atoms with Crippen LogP contribution in [-0.4, -0.2) is 29.0 Å². The first-order chi connectivity index (χ1) is 8.69. The molecule has 0 aliphatic heterocycles. The van der Waals surface area contributed by atoms with Crippen LogP contribution >= 0.6 is 12.2 Å². The molecule has 0 amide bonds. The Balaban J connectivity index is 3.03. The van der Waals surface area contributed by atoms with Crippen LogP contribution in [0.5, 0.6) is 0 Å². The van der Waals surface area contributed by atoms with E-state index in [1.165, 1.54) is 19.2 Å². The average Bonchev–Trinajstić information content (AvgIpc) is 2.37. The summed E-state index contributed by atoms with van der Waals surface area (Å²) < 4.78 is 48.5. The minimum atomic E-state index is -3.87. The second kappa shape index (κ2) is 5.79. The molecule has 0 saturated carbocycles. The highest BCUT2D eigenvalue weighted by Crippen LogP contribution is 2.13. The predicted molar refractivity (Wildman–Crippen MR) is 72.9 cm³/mol. The summed E-state index contributed by atoms with van der Waals surface area (Å²) in [6.45, 7) is 0. The molecule has 0 aliphatic rings. The van der Waals surface area contributed by atoms with Crippen molar-refractivity contribution in [2.75, 3.05) is 7.05 Å². The van der Waals surface area contributed by atoms with E-state index in [1.54, 1.807) is 0 Å². The Morgan fingerprint density at radius 2 is 1.47 bits per heavy atom. The summed E-state index contributed by atoms with van der Waals surface area (Å²) >= 11 is 4.45. The summed E-state index contributed by atoms with van der Waals surface area (Å²) in [4.78, 5) is 1.76. The highest BCUT2D eigenvalue weighted by molar-refractivity contribution is 7.90. The van der Waals surface area contributed by atoms with Gasteiger partial charge in [-0.2, -0.15) is 0 Å². The zero-order valence-electron chi connectivity index (χ0n) is 9.74. The Morgan fingerprint density at radius 3 is 1.84 bits per heavy atom. The molecule has 19 heavy (non-hydrogen) atoms. The monoisotopic (exact) mass is 324 g/mol. The lowest BCUT2D eigenvalue weighted by molar-refractivity contribution is 0.576. The maximum atomic E-state index is 11.7. The van der Waals surface area contributed by atoms with Crippen molar-refractivity contribution >= 4 is 37.4 Å². The fourth-order valence-electron chi connectivity index (χ4n) is 1.09. The first kappa shape index (κ1) is 15.8. The topological polar surface area (TPSA) is 130 Å². The molecule has 106 valence electrons. The number of nitrogens with one attached hydrogen (secondary N) is 3. The SMILES string of the molecule is CNS(=O)(=O)c1ccc(S(=O)(=O)NNC(N)=S)cc1. The van der Waals surface area contributed by atoms with E-state index in [2.05, 4.69) is 22.4 Å². The maximum Gasteiger partial charge on any atom is 0.257 e. The lowest BCUT2D eigenvalue weighted by Crippen LogP contribution is -2.44. The zero-order valence-corrected chi connectivity index (χ0v) is 12.2. The molecule has 1 rings (SSSR count). The van der Waals surface area contributed by atoms with Crippen LogP contribution in [0.4, 0.5) is 0 Å². The van der Waals surface area contributed by atoms with E-state index < -0.39 is 20.0 Å². The highest BCUT2D eigenvalue weighted by Gasteiger charge is 2.16. The minimum Gasteiger partial charge on any atom is -0.375 e. The highest BCUT2D eigenvalue weighted by atomic mass is 32.2. The van der Waals surface area contributed by atoms with Crippen molar-refractivity contribution in [3.05, 3.63) is 24.3 Å². The van der Waals surface area contributed by atoms with Crippen molar-refractivity contribution in [1.82, 2.24) is 15.0 Å². The fraction of sp³-hybridized carbons (Fsp3) is 0.125. The smallest absolute Gasteiger partial charge is 0.257 e. The third-order valence-electron chi connectivity index (χ3n) is 2.02. The summed E-state index contributed by atoms with van der Waals surface area (Å²) in [6, 6.07) is 4.63. The number of hydrogen-bond donors (Lipinski definition) is 4. The Labute approximate surface area is 116 Å². The lowest BCUT2D eigenvalue weighted by atomic mass is 10.4. The molecule has 0 atom stereocenters. The Kier molecular flexibility index (Phi) is 4.81. The number of hydrogen-bond acceptors (Lipinski definition) is 5. The molecule has 5 N–H and O–H groups in total. The number of thiocarbonyl (C=S) groups is 1. The summed E-state index contributed by atoms with van der Waals surface area (Å²) in [6.07, 6.45) is 0. The van der Waals surface area contributed by atoms with Gasteiger partial charge in [0.15, 0.2) is 5.11 Å². The van der Waals surface area contributed by atoms with Crippen LogP contribution in [0.15, 0.2) is 34.1 Å². The number of hydrazine groups is 1. The molecule has 0 unspecified atom stereocenters. The normalized spacial score (nSPS) is 12.1. The van der Waals surface area contributed by atoms with E-state index >= 15 is 0 Å². The zero-order chi connectivity index (χ0) is 14.7. The minimum absolute atomic E-state index is 0.0451. The van der Waals surface area contributed by atoms with Crippen LogP contribution in [0.3, 0.4) is 0 Å². The maximum absolute atomic E-state index is 11.7. The van der Waals surface area contributed by atoms with E-state index in [9.17, 15) is 16.8 Å². The van der Waals surface area contributed by atoms with Crippen LogP contribution in [0, 0.1) is 0 Å². The summed E-state index contributed by atoms with van der Waals surface area (Å²) in [5, 5.41) is -0.238. The van der Waals surface area contributed by atoms with Gasteiger partial charge in [-0.15, -0.1) is 4.83 Å². The van der Waals surface area contributed by atoms with Crippen molar-refractivity contribution in [2.24, 2.45) is 5.73 Å². The van der Waals surface area contributed by atoms with E-state index in [0.717, 1.165) is 12.1 Å². The molecule has 0 saturated heterocycles. The van der Waals surface area contributed by atoms with E-state index in [0.29, 0.717) is 0 Å². The van der Waals surface area contributed by atoms with Crippen molar-refractivity contribution in [2.45, 2.75) is 9.79 Å². The van der Waals surface area contributed by atoms with Crippen LogP contribution in [0.25, 0.3) is 0 Å². The van der Waals surface area contributed by atoms with Gasteiger partial charge in [0.05, 0.1) is 9.79 Å². The Morgan fingerprint density at radius 1 is 1.05 bits per heavy atom. The predicted octanol–water partition coefficient (Wildman–Crippen LogP) is -1.38. The molecule has 0 radical (unpaired) electrons. The molecule has 0 fully saturated rings. The molecule has 0 heterocycles. The van der Waals surface area contributed by atoms with Crippen LogP contribution in [0.2, 0.25) is 0 Å². The molecule has 0 bridgehead atoms. The van der Waals surface area contributed by atoms with Crippen molar-refractivity contribution in [3.63, 3.8) is 0 Å². The summed E-state index contributed by atoms with van der Waals surface area (Å²) in [5.41, 5.74) is 7.16. The van der Waals surface area contributed by atoms with Crippen molar-refractivity contribution < 1.29 is 16.8 Å². The molecule has 0 aromatic heterocycles. The third kappa shape index (κ3) is 4.11. The molecule has 0 spiro atoms. The Bertz CT molecular complexity index is 666. The quantitative estimate of drug-likeness (QED) is 0.388. The fourth-order valence-corrected chi connectivity index (χ4v) is 2.79. The average molecular weight is 324 g/mol. The molecular weight excluding hydrogens is 312 g/mol. The van der Waals surface area contributed by atoms with E-state index in [1.807, 2.05) is 4.83 Å². The van der Waals surface area contributed by atoms with Gasteiger partial charge in [-0.1, -0.05) is 0 Å². The van der Waals surface area contributed by atoms with Crippen molar-refractivity contribution in [3.8, 4) is 0 Å². The van der Waals surface area contributed by atoms with Crippen molar-refractivity contribution in [1.29, 1.82) is 0 Å². The summed E-state index contributed by atoms with van der Waals surface area (Å²) in [7, 11) is -6.22. The largest absolute Gasteiger partial charge is 0.375 e. The van der Waals surface area contributed by atoms with Gasteiger partial charge >= 0.3 is 0 Å². The first-order valence-corrected chi connectivity index (χ1v) is 8.17. The van der Waals surface area contributed by atoms with Gasteiger partial charge in [-0.05, 0) is 43.5 Å². The molecular formula is C8H12N4O4S3. The molecule has 0 aliphatic carbocycles. The Hall–Kier alpha value is -1.27. The van der Waals surface area contributed by atoms with Gasteiger partial charge in [0, 0.05) is 0 Å². The lowest BCUT2D eigenvalue weighted by Gasteiger charge is -2.08. The number of rotatable bonds is 5. The van der Waals surface area contributed by atoms with E-state index in [4.69, 9.17) is 5.73 Å². The van der Waals surface area contributed by atoms with E-state index in [-0.39, 0.29) is 14.9 Å². The number of nitrogens with two attached hydrogens (primary N) is 1. The molecule has 1 aromatic rings.